The minimum absolute atomic E-state index is 0.153. The molecule has 0 saturated carbocycles. The summed E-state index contributed by atoms with van der Waals surface area (Å²) in [5, 5.41) is 0. The lowest BCUT2D eigenvalue weighted by Gasteiger charge is -2.27. The standard InChI is InChI=1S/C21H33N3O3S/c1-16-19(21(25)24-14-8-5-9-15-24)20(17(2)23(16)3)28(26,27)22-13-12-18-10-6-4-7-11-18/h10,22H,4-9,11-15H2,1-3H3. The van der Waals surface area contributed by atoms with Crippen LogP contribution < -0.4 is 4.72 Å². The average molecular weight is 408 g/mol. The minimum atomic E-state index is -3.75. The van der Waals surface area contributed by atoms with Crippen molar-refractivity contribution >= 4 is 15.9 Å². The zero-order valence-electron chi connectivity index (χ0n) is 17.4. The zero-order valence-corrected chi connectivity index (χ0v) is 18.2. The molecular weight excluding hydrogens is 374 g/mol. The number of aromatic nitrogens is 1. The van der Waals surface area contributed by atoms with Crippen molar-refractivity contribution in [2.24, 2.45) is 7.05 Å². The highest BCUT2D eigenvalue weighted by atomic mass is 32.2. The lowest BCUT2D eigenvalue weighted by Crippen LogP contribution is -2.37. The molecule has 1 fully saturated rings. The van der Waals surface area contributed by atoms with Crippen molar-refractivity contribution in [3.05, 3.63) is 28.6 Å². The highest BCUT2D eigenvalue weighted by Crippen LogP contribution is 2.28. The van der Waals surface area contributed by atoms with E-state index in [9.17, 15) is 13.2 Å². The Balaban J connectivity index is 1.83. The Morgan fingerprint density at radius 1 is 1.07 bits per heavy atom. The van der Waals surface area contributed by atoms with Crippen molar-refractivity contribution in [2.75, 3.05) is 19.6 Å². The Bertz CT molecular complexity index is 862. The van der Waals surface area contributed by atoms with Gasteiger partial charge in [0.2, 0.25) is 10.0 Å². The van der Waals surface area contributed by atoms with Crippen LogP contribution in [0.1, 0.15) is 73.1 Å². The molecular formula is C21H33N3O3S. The van der Waals surface area contributed by atoms with Crippen LogP contribution >= 0.6 is 0 Å². The highest BCUT2D eigenvalue weighted by Gasteiger charge is 2.33. The van der Waals surface area contributed by atoms with Crippen LogP contribution in [0.2, 0.25) is 0 Å². The summed E-state index contributed by atoms with van der Waals surface area (Å²) in [5.41, 5.74) is 3.00. The molecule has 1 N–H and O–H groups in total. The van der Waals surface area contributed by atoms with Gasteiger partial charge in [0.05, 0.1) is 5.56 Å². The second kappa shape index (κ2) is 8.82. The van der Waals surface area contributed by atoms with Crippen LogP contribution in [0.5, 0.6) is 0 Å². The Morgan fingerprint density at radius 3 is 2.43 bits per heavy atom. The number of carbonyl (C=O) groups excluding carboxylic acids is 1. The van der Waals surface area contributed by atoms with Gasteiger partial charge in [0.15, 0.2) is 0 Å². The molecule has 0 spiro atoms. The number of rotatable bonds is 6. The fraction of sp³-hybridized carbons (Fsp3) is 0.667. The van der Waals surface area contributed by atoms with Gasteiger partial charge in [-0.15, -0.1) is 0 Å². The maximum atomic E-state index is 13.2. The number of sulfonamides is 1. The Labute approximate surface area is 169 Å². The van der Waals surface area contributed by atoms with Gasteiger partial charge in [0, 0.05) is 38.1 Å². The molecule has 3 rings (SSSR count). The normalized spacial score (nSPS) is 18.2. The van der Waals surface area contributed by atoms with Gasteiger partial charge in [-0.05, 0) is 65.2 Å². The topological polar surface area (TPSA) is 71.4 Å². The number of hydrogen-bond acceptors (Lipinski definition) is 3. The van der Waals surface area contributed by atoms with E-state index in [1.54, 1.807) is 11.8 Å². The van der Waals surface area contributed by atoms with E-state index in [4.69, 9.17) is 0 Å². The molecule has 0 bridgehead atoms. The van der Waals surface area contributed by atoms with Crippen LogP contribution in [-0.4, -0.2) is 43.4 Å². The number of amides is 1. The fourth-order valence-electron chi connectivity index (χ4n) is 4.30. The third-order valence-electron chi connectivity index (χ3n) is 6.17. The maximum Gasteiger partial charge on any atom is 0.257 e. The summed E-state index contributed by atoms with van der Waals surface area (Å²) in [5.74, 6) is -0.156. The van der Waals surface area contributed by atoms with Gasteiger partial charge in [-0.25, -0.2) is 13.1 Å². The van der Waals surface area contributed by atoms with Crippen LogP contribution in [-0.2, 0) is 17.1 Å². The summed E-state index contributed by atoms with van der Waals surface area (Å²) in [7, 11) is -1.93. The first kappa shape index (κ1) is 21.1. The van der Waals surface area contributed by atoms with Crippen LogP contribution in [0.15, 0.2) is 16.5 Å². The molecule has 1 aliphatic heterocycles. The first-order chi connectivity index (χ1) is 13.3. The molecule has 1 aliphatic carbocycles. The molecule has 0 aromatic carbocycles. The van der Waals surface area contributed by atoms with Crippen LogP contribution in [0.25, 0.3) is 0 Å². The molecule has 156 valence electrons. The zero-order chi connectivity index (χ0) is 20.3. The summed E-state index contributed by atoms with van der Waals surface area (Å²) in [4.78, 5) is 15.1. The molecule has 0 radical (unpaired) electrons. The van der Waals surface area contributed by atoms with Gasteiger partial charge in [0.1, 0.15) is 4.90 Å². The predicted molar refractivity (Wildman–Crippen MR) is 111 cm³/mol. The second-order valence-electron chi connectivity index (χ2n) is 8.04. The number of piperidine rings is 1. The second-order valence-corrected chi connectivity index (χ2v) is 9.75. The third-order valence-corrected chi connectivity index (χ3v) is 7.79. The molecule has 0 atom stereocenters. The number of hydrogen-bond donors (Lipinski definition) is 1. The molecule has 2 aliphatic rings. The average Bonchev–Trinajstić information content (AvgIpc) is 2.93. The first-order valence-corrected chi connectivity index (χ1v) is 11.9. The van der Waals surface area contributed by atoms with E-state index in [0.717, 1.165) is 38.5 Å². The van der Waals surface area contributed by atoms with E-state index >= 15 is 0 Å². The first-order valence-electron chi connectivity index (χ1n) is 10.5. The fourth-order valence-corrected chi connectivity index (χ4v) is 5.85. The number of likely N-dealkylation sites (tertiary alicyclic amines) is 1. The Morgan fingerprint density at radius 2 is 1.79 bits per heavy atom. The van der Waals surface area contributed by atoms with Crippen molar-refractivity contribution in [3.63, 3.8) is 0 Å². The molecule has 1 aromatic heterocycles. The summed E-state index contributed by atoms with van der Waals surface area (Å²) in [6.07, 6.45) is 10.6. The van der Waals surface area contributed by atoms with Crippen molar-refractivity contribution in [3.8, 4) is 0 Å². The van der Waals surface area contributed by atoms with Crippen molar-refractivity contribution < 1.29 is 13.2 Å². The summed E-state index contributed by atoms with van der Waals surface area (Å²) >= 11 is 0. The van der Waals surface area contributed by atoms with E-state index in [0.29, 0.717) is 36.6 Å². The lowest BCUT2D eigenvalue weighted by molar-refractivity contribution is 0.0719. The SMILES string of the molecule is Cc1c(C(=O)N2CCCCC2)c(S(=O)(=O)NCCC2=CCCCC2)c(C)n1C. The van der Waals surface area contributed by atoms with Crippen LogP contribution in [0, 0.1) is 13.8 Å². The van der Waals surface area contributed by atoms with Gasteiger partial charge >= 0.3 is 0 Å². The molecule has 1 saturated heterocycles. The largest absolute Gasteiger partial charge is 0.350 e. The van der Waals surface area contributed by atoms with Crippen LogP contribution in [0.3, 0.4) is 0 Å². The van der Waals surface area contributed by atoms with Gasteiger partial charge in [-0.3, -0.25) is 4.79 Å². The summed E-state index contributed by atoms with van der Waals surface area (Å²) < 4.78 is 30.9. The van der Waals surface area contributed by atoms with Gasteiger partial charge in [-0.2, -0.15) is 0 Å². The van der Waals surface area contributed by atoms with Crippen molar-refractivity contribution in [2.45, 2.75) is 70.1 Å². The van der Waals surface area contributed by atoms with E-state index < -0.39 is 10.0 Å². The number of allylic oxidation sites excluding steroid dienone is 1. The molecule has 1 amide bonds. The van der Waals surface area contributed by atoms with E-state index in [-0.39, 0.29) is 10.8 Å². The number of nitrogens with zero attached hydrogens (tertiary/aromatic N) is 2. The van der Waals surface area contributed by atoms with E-state index in [1.165, 1.54) is 18.4 Å². The highest BCUT2D eigenvalue weighted by molar-refractivity contribution is 7.89. The van der Waals surface area contributed by atoms with Gasteiger partial charge in [0.25, 0.3) is 5.91 Å². The van der Waals surface area contributed by atoms with Gasteiger partial charge < -0.3 is 9.47 Å². The van der Waals surface area contributed by atoms with Crippen LogP contribution in [0.4, 0.5) is 0 Å². The lowest BCUT2D eigenvalue weighted by atomic mass is 9.97. The van der Waals surface area contributed by atoms with E-state index in [1.807, 2.05) is 18.5 Å². The summed E-state index contributed by atoms with van der Waals surface area (Å²) in [6, 6.07) is 0. The number of carbonyl (C=O) groups is 1. The van der Waals surface area contributed by atoms with E-state index in [2.05, 4.69) is 10.8 Å². The monoisotopic (exact) mass is 407 g/mol. The minimum Gasteiger partial charge on any atom is -0.350 e. The maximum absolute atomic E-state index is 13.2. The molecule has 28 heavy (non-hydrogen) atoms. The van der Waals surface area contributed by atoms with Crippen molar-refractivity contribution in [1.29, 1.82) is 0 Å². The number of nitrogens with one attached hydrogen (secondary N) is 1. The third kappa shape index (κ3) is 4.35. The van der Waals surface area contributed by atoms with Gasteiger partial charge in [-0.1, -0.05) is 11.6 Å². The molecule has 1 aromatic rings. The Kier molecular flexibility index (Phi) is 6.65. The molecule has 0 unspecified atom stereocenters. The summed E-state index contributed by atoms with van der Waals surface area (Å²) in [6.45, 7) is 5.38. The smallest absolute Gasteiger partial charge is 0.257 e. The molecule has 7 heteroatoms. The quantitative estimate of drug-likeness (QED) is 0.734. The molecule has 6 nitrogen and oxygen atoms in total. The molecule has 2 heterocycles. The predicted octanol–water partition coefficient (Wildman–Crippen LogP) is 3.44. The Hall–Kier alpha value is -1.60. The van der Waals surface area contributed by atoms with Crippen molar-refractivity contribution in [1.82, 2.24) is 14.2 Å².